The van der Waals surface area contributed by atoms with Crippen molar-refractivity contribution in [3.8, 4) is 5.69 Å². The zero-order valence-corrected chi connectivity index (χ0v) is 14.7. The van der Waals surface area contributed by atoms with Crippen LogP contribution in [0.1, 0.15) is 28.7 Å². The van der Waals surface area contributed by atoms with E-state index in [1.54, 1.807) is 9.88 Å². The average Bonchev–Trinajstić information content (AvgIpc) is 2.78. The number of amides is 1. The fourth-order valence-corrected chi connectivity index (χ4v) is 2.89. The number of hydrogen-bond donors (Lipinski definition) is 1. The van der Waals surface area contributed by atoms with Crippen LogP contribution in [0.15, 0.2) is 28.7 Å². The predicted molar refractivity (Wildman–Crippen MR) is 87.6 cm³/mol. The summed E-state index contributed by atoms with van der Waals surface area (Å²) in [5.74, 6) is -2.58. The minimum atomic E-state index is -5.04. The molecule has 2 aromatic rings. The molecule has 0 spiro atoms. The van der Waals surface area contributed by atoms with Crippen LogP contribution in [0, 0.1) is 13.8 Å². The van der Waals surface area contributed by atoms with Crippen LogP contribution >= 0.6 is 15.9 Å². The normalized spacial score (nSPS) is 11.5. The average molecular weight is 403 g/mol. The van der Waals surface area contributed by atoms with E-state index >= 15 is 0 Å². The van der Waals surface area contributed by atoms with Gasteiger partial charge in [0.2, 0.25) is 0 Å². The number of halogens is 4. The first-order chi connectivity index (χ1) is 11.0. The minimum Gasteiger partial charge on any atom is -0.317 e. The van der Waals surface area contributed by atoms with E-state index in [9.17, 15) is 22.8 Å². The number of carbonyl (C=O) groups is 2. The molecule has 2 rings (SSSR count). The summed E-state index contributed by atoms with van der Waals surface area (Å²) < 4.78 is 39.9. The van der Waals surface area contributed by atoms with Gasteiger partial charge in [-0.3, -0.25) is 9.59 Å². The van der Waals surface area contributed by atoms with Gasteiger partial charge in [0.25, 0.3) is 0 Å². The molecule has 0 saturated carbocycles. The van der Waals surface area contributed by atoms with Crippen LogP contribution in [0.5, 0.6) is 0 Å². The van der Waals surface area contributed by atoms with Crippen molar-refractivity contribution >= 4 is 33.3 Å². The maximum atomic E-state index is 12.5. The van der Waals surface area contributed by atoms with Crippen LogP contribution in [0.25, 0.3) is 5.69 Å². The Morgan fingerprint density at radius 3 is 2.12 bits per heavy atom. The molecule has 0 fully saturated rings. The molecule has 0 saturated heterocycles. The molecule has 1 amide bonds. The molecular formula is C16H14BrF3N2O2. The van der Waals surface area contributed by atoms with Gasteiger partial charge >= 0.3 is 12.1 Å². The molecule has 8 heteroatoms. The molecule has 0 radical (unpaired) electrons. The van der Waals surface area contributed by atoms with Gasteiger partial charge in [0.15, 0.2) is 5.78 Å². The van der Waals surface area contributed by atoms with E-state index < -0.39 is 17.9 Å². The molecule has 0 aliphatic carbocycles. The number of alkyl halides is 3. The molecule has 4 nitrogen and oxygen atoms in total. The van der Waals surface area contributed by atoms with Crippen LogP contribution in [0.4, 0.5) is 18.9 Å². The Morgan fingerprint density at radius 1 is 1.12 bits per heavy atom. The van der Waals surface area contributed by atoms with Gasteiger partial charge in [-0.2, -0.15) is 13.2 Å². The molecule has 128 valence electrons. The van der Waals surface area contributed by atoms with E-state index in [1.165, 1.54) is 19.1 Å². The Balaban J connectivity index is 2.63. The summed E-state index contributed by atoms with van der Waals surface area (Å²) in [7, 11) is 0. The van der Waals surface area contributed by atoms with E-state index in [1.807, 2.05) is 26.0 Å². The Kier molecular flexibility index (Phi) is 4.89. The molecule has 1 aromatic heterocycles. The first-order valence-corrected chi connectivity index (χ1v) is 7.69. The van der Waals surface area contributed by atoms with Crippen molar-refractivity contribution in [1.29, 1.82) is 0 Å². The number of aryl methyl sites for hydroxylation is 2. The van der Waals surface area contributed by atoms with Crippen LogP contribution in [0.3, 0.4) is 0 Å². The van der Waals surface area contributed by atoms with Crippen LogP contribution in [0.2, 0.25) is 0 Å². The van der Waals surface area contributed by atoms with Crippen molar-refractivity contribution in [3.63, 3.8) is 0 Å². The Labute approximate surface area is 144 Å². The molecule has 0 bridgehead atoms. The fraction of sp³-hybridized carbons (Fsp3) is 0.250. The lowest BCUT2D eigenvalue weighted by Gasteiger charge is -2.17. The number of rotatable bonds is 3. The van der Waals surface area contributed by atoms with Crippen molar-refractivity contribution in [1.82, 2.24) is 4.57 Å². The third kappa shape index (κ3) is 3.53. The number of Topliss-reactive ketones (excluding diaryl/α,β-unsaturated/α-hetero) is 1. The second kappa shape index (κ2) is 6.43. The molecule has 0 aliphatic rings. The highest BCUT2D eigenvalue weighted by Gasteiger charge is 2.39. The maximum absolute atomic E-state index is 12.5. The number of carbonyl (C=O) groups excluding carboxylic acids is 2. The van der Waals surface area contributed by atoms with Gasteiger partial charge < -0.3 is 9.88 Å². The maximum Gasteiger partial charge on any atom is 0.471 e. The third-order valence-corrected chi connectivity index (χ3v) is 4.12. The zero-order chi connectivity index (χ0) is 18.2. The van der Waals surface area contributed by atoms with Gasteiger partial charge in [0.1, 0.15) is 0 Å². The molecule has 24 heavy (non-hydrogen) atoms. The van der Waals surface area contributed by atoms with Gasteiger partial charge in [-0.25, -0.2) is 0 Å². The summed E-state index contributed by atoms with van der Waals surface area (Å²) in [6, 6.07) is 6.47. The fourth-order valence-electron chi connectivity index (χ4n) is 2.37. The van der Waals surface area contributed by atoms with Crippen LogP contribution in [-0.4, -0.2) is 22.4 Å². The highest BCUT2D eigenvalue weighted by molar-refractivity contribution is 9.10. The topological polar surface area (TPSA) is 51.1 Å². The van der Waals surface area contributed by atoms with Gasteiger partial charge in [0, 0.05) is 21.4 Å². The van der Waals surface area contributed by atoms with Crippen molar-refractivity contribution in [2.45, 2.75) is 26.9 Å². The van der Waals surface area contributed by atoms with E-state index in [2.05, 4.69) is 15.9 Å². The number of hydrogen-bond acceptors (Lipinski definition) is 2. The molecule has 0 aliphatic heterocycles. The SMILES string of the molecule is CC(=O)c1cc(Br)c(-n2c(C)ccc2C)cc1NC(=O)C(F)(F)F. The van der Waals surface area contributed by atoms with Crippen molar-refractivity contribution in [2.75, 3.05) is 5.32 Å². The molecule has 0 atom stereocenters. The van der Waals surface area contributed by atoms with Crippen LogP contribution in [-0.2, 0) is 4.79 Å². The smallest absolute Gasteiger partial charge is 0.317 e. The minimum absolute atomic E-state index is 0.00862. The number of nitrogens with one attached hydrogen (secondary N) is 1. The van der Waals surface area contributed by atoms with Gasteiger partial charge in [0.05, 0.1) is 11.4 Å². The first kappa shape index (κ1) is 18.3. The first-order valence-electron chi connectivity index (χ1n) is 6.90. The second-order valence-corrected chi connectivity index (χ2v) is 6.16. The van der Waals surface area contributed by atoms with Crippen molar-refractivity contribution in [2.24, 2.45) is 0 Å². The molecule has 1 heterocycles. The Morgan fingerprint density at radius 2 is 1.67 bits per heavy atom. The molecule has 1 N–H and O–H groups in total. The molecule has 1 aromatic carbocycles. The van der Waals surface area contributed by atoms with E-state index in [0.29, 0.717) is 10.2 Å². The summed E-state index contributed by atoms with van der Waals surface area (Å²) in [5.41, 5.74) is 2.05. The summed E-state index contributed by atoms with van der Waals surface area (Å²) >= 11 is 3.34. The van der Waals surface area contributed by atoms with Crippen LogP contribution < -0.4 is 5.32 Å². The summed E-state index contributed by atoms with van der Waals surface area (Å²) in [6.07, 6.45) is -5.04. The zero-order valence-electron chi connectivity index (χ0n) is 13.1. The second-order valence-electron chi connectivity index (χ2n) is 5.31. The summed E-state index contributed by atoms with van der Waals surface area (Å²) in [6.45, 7) is 4.90. The number of nitrogens with zero attached hydrogens (tertiary/aromatic N) is 1. The highest BCUT2D eigenvalue weighted by atomic mass is 79.9. The summed E-state index contributed by atoms with van der Waals surface area (Å²) in [4.78, 5) is 23.0. The lowest BCUT2D eigenvalue weighted by molar-refractivity contribution is -0.167. The summed E-state index contributed by atoms with van der Waals surface area (Å²) in [5, 5.41) is 1.78. The van der Waals surface area contributed by atoms with Crippen molar-refractivity contribution in [3.05, 3.63) is 45.7 Å². The largest absolute Gasteiger partial charge is 0.471 e. The van der Waals surface area contributed by atoms with Gasteiger partial charge in [-0.15, -0.1) is 0 Å². The standard InChI is InChI=1S/C16H14BrF3N2O2/c1-8-4-5-9(2)22(8)14-7-13(21-15(24)16(18,19)20)11(10(3)23)6-12(14)17/h4-7H,1-3H3,(H,21,24). The quantitative estimate of drug-likeness (QED) is 0.765. The molecular weight excluding hydrogens is 389 g/mol. The Hall–Kier alpha value is -2.09. The lowest BCUT2D eigenvalue weighted by atomic mass is 10.1. The van der Waals surface area contributed by atoms with Crippen molar-refractivity contribution < 1.29 is 22.8 Å². The monoisotopic (exact) mass is 402 g/mol. The highest BCUT2D eigenvalue weighted by Crippen LogP contribution is 2.32. The lowest BCUT2D eigenvalue weighted by Crippen LogP contribution is -2.30. The number of benzene rings is 1. The van der Waals surface area contributed by atoms with E-state index in [-0.39, 0.29) is 11.3 Å². The van der Waals surface area contributed by atoms with Gasteiger partial charge in [-0.1, -0.05) is 0 Å². The Bertz CT molecular complexity index is 806. The van der Waals surface area contributed by atoms with Gasteiger partial charge in [-0.05, 0) is 61.0 Å². The number of ketones is 1. The third-order valence-electron chi connectivity index (χ3n) is 3.48. The van der Waals surface area contributed by atoms with E-state index in [0.717, 1.165) is 11.4 Å². The number of anilines is 1. The molecule has 0 unspecified atom stereocenters. The predicted octanol–water partition coefficient (Wildman–Crippen LogP) is 4.56. The van der Waals surface area contributed by atoms with E-state index in [4.69, 9.17) is 0 Å². The number of aromatic nitrogens is 1.